The number of carbonyl (C=O) groups is 1. The highest BCUT2D eigenvalue weighted by atomic mass is 16.2. The lowest BCUT2D eigenvalue weighted by Gasteiger charge is -2.32. The first-order chi connectivity index (χ1) is 8.96. The molecular formula is C15H21N3O. The summed E-state index contributed by atoms with van der Waals surface area (Å²) >= 11 is 0. The molecule has 2 rings (SSSR count). The van der Waals surface area contributed by atoms with E-state index >= 15 is 0 Å². The first-order valence-electron chi connectivity index (χ1n) is 6.64. The number of nitrogens with zero attached hydrogens (tertiary/aromatic N) is 1. The molecular weight excluding hydrogens is 238 g/mol. The fraction of sp³-hybridized carbons (Fsp3) is 0.467. The normalized spacial score (nSPS) is 21.4. The summed E-state index contributed by atoms with van der Waals surface area (Å²) in [5.41, 5.74) is 7.66. The smallest absolute Gasteiger partial charge is 0.269 e. The van der Waals surface area contributed by atoms with Gasteiger partial charge in [0.25, 0.3) is 5.91 Å². The Morgan fingerprint density at radius 2 is 2.05 bits per heavy atom. The molecule has 0 radical (unpaired) electrons. The minimum atomic E-state index is -0.140. The third-order valence-corrected chi connectivity index (χ3v) is 3.29. The van der Waals surface area contributed by atoms with E-state index < -0.39 is 0 Å². The van der Waals surface area contributed by atoms with E-state index in [1.54, 1.807) is 24.5 Å². The summed E-state index contributed by atoms with van der Waals surface area (Å²) in [6.45, 7) is 6.67. The third kappa shape index (κ3) is 3.81. The van der Waals surface area contributed by atoms with E-state index in [9.17, 15) is 4.79 Å². The molecule has 102 valence electrons. The molecule has 2 N–H and O–H groups in total. The van der Waals surface area contributed by atoms with Gasteiger partial charge in [-0.05, 0) is 36.3 Å². The van der Waals surface area contributed by atoms with Crippen LogP contribution in [0.2, 0.25) is 0 Å². The van der Waals surface area contributed by atoms with Gasteiger partial charge in [-0.1, -0.05) is 26.8 Å². The molecule has 4 heteroatoms. The van der Waals surface area contributed by atoms with Gasteiger partial charge in [0.2, 0.25) is 0 Å². The average molecular weight is 259 g/mol. The van der Waals surface area contributed by atoms with Crippen molar-refractivity contribution >= 4 is 5.91 Å². The Morgan fingerprint density at radius 1 is 1.37 bits per heavy atom. The highest BCUT2D eigenvalue weighted by Crippen LogP contribution is 2.35. The Morgan fingerprint density at radius 3 is 2.68 bits per heavy atom. The van der Waals surface area contributed by atoms with Gasteiger partial charge >= 0.3 is 0 Å². The standard InChI is InChI=1S/C15H21N3O/c1-11-8-13(10-15(2,3)9-11)17-18-14(19)12-4-6-16-7-5-12/h4-7,10-11,17H,8-9H2,1-3H3,(H,18,19). The van der Waals surface area contributed by atoms with Crippen molar-refractivity contribution in [3.63, 3.8) is 0 Å². The van der Waals surface area contributed by atoms with Crippen molar-refractivity contribution in [3.8, 4) is 0 Å². The van der Waals surface area contributed by atoms with Crippen LogP contribution in [0, 0.1) is 11.3 Å². The topological polar surface area (TPSA) is 54.0 Å². The van der Waals surface area contributed by atoms with Gasteiger partial charge in [-0.15, -0.1) is 0 Å². The molecule has 1 atom stereocenters. The zero-order valence-corrected chi connectivity index (χ0v) is 11.7. The number of carbonyl (C=O) groups excluding carboxylic acids is 1. The second kappa shape index (κ2) is 5.43. The summed E-state index contributed by atoms with van der Waals surface area (Å²) in [5, 5.41) is 0. The SMILES string of the molecule is CC1CC(NNC(=O)c2ccncc2)=CC(C)(C)C1. The zero-order valence-electron chi connectivity index (χ0n) is 11.7. The molecule has 0 bridgehead atoms. The molecule has 1 amide bonds. The van der Waals surface area contributed by atoms with Crippen LogP contribution in [0.15, 0.2) is 36.3 Å². The number of rotatable bonds is 3. The Balaban J connectivity index is 1.96. The molecule has 1 unspecified atom stereocenters. The Labute approximate surface area is 114 Å². The van der Waals surface area contributed by atoms with Crippen molar-refractivity contribution in [2.75, 3.05) is 0 Å². The summed E-state index contributed by atoms with van der Waals surface area (Å²) in [7, 11) is 0. The second-order valence-electron chi connectivity index (χ2n) is 5.99. The fourth-order valence-electron chi connectivity index (χ4n) is 2.73. The van der Waals surface area contributed by atoms with Gasteiger partial charge in [0.1, 0.15) is 0 Å². The van der Waals surface area contributed by atoms with Crippen molar-refractivity contribution in [1.82, 2.24) is 15.8 Å². The number of hydrogen-bond acceptors (Lipinski definition) is 3. The van der Waals surface area contributed by atoms with Gasteiger partial charge in [-0.25, -0.2) is 0 Å². The fourth-order valence-corrected chi connectivity index (χ4v) is 2.73. The van der Waals surface area contributed by atoms with E-state index in [1.165, 1.54) is 6.42 Å². The minimum absolute atomic E-state index is 0.140. The van der Waals surface area contributed by atoms with Crippen LogP contribution >= 0.6 is 0 Å². The van der Waals surface area contributed by atoms with Gasteiger partial charge in [-0.2, -0.15) is 0 Å². The maximum absolute atomic E-state index is 11.9. The molecule has 4 nitrogen and oxygen atoms in total. The molecule has 1 aromatic rings. The van der Waals surface area contributed by atoms with Crippen LogP contribution < -0.4 is 10.9 Å². The summed E-state index contributed by atoms with van der Waals surface area (Å²) in [5.74, 6) is 0.486. The van der Waals surface area contributed by atoms with Gasteiger partial charge < -0.3 is 5.43 Å². The highest BCUT2D eigenvalue weighted by Gasteiger charge is 2.25. The van der Waals surface area contributed by atoms with E-state index in [1.807, 2.05) is 0 Å². The number of amides is 1. The lowest BCUT2D eigenvalue weighted by atomic mass is 9.76. The molecule has 0 aliphatic heterocycles. The number of hydrogen-bond donors (Lipinski definition) is 2. The Kier molecular flexibility index (Phi) is 3.88. The molecule has 0 spiro atoms. The monoisotopic (exact) mass is 259 g/mol. The van der Waals surface area contributed by atoms with Crippen LogP contribution in [-0.2, 0) is 0 Å². The Hall–Kier alpha value is -1.84. The third-order valence-electron chi connectivity index (χ3n) is 3.29. The number of nitrogens with one attached hydrogen (secondary N) is 2. The van der Waals surface area contributed by atoms with Gasteiger partial charge in [0, 0.05) is 23.7 Å². The molecule has 1 aliphatic rings. The molecule has 0 fully saturated rings. The number of hydrazine groups is 1. The largest absolute Gasteiger partial charge is 0.303 e. The van der Waals surface area contributed by atoms with Crippen LogP contribution in [-0.4, -0.2) is 10.9 Å². The van der Waals surface area contributed by atoms with Gasteiger partial charge in [0.05, 0.1) is 0 Å². The predicted molar refractivity (Wildman–Crippen MR) is 75.1 cm³/mol. The molecule has 1 aromatic heterocycles. The van der Waals surface area contributed by atoms with Crippen LogP contribution in [0.3, 0.4) is 0 Å². The van der Waals surface area contributed by atoms with E-state index in [-0.39, 0.29) is 11.3 Å². The van der Waals surface area contributed by atoms with Crippen LogP contribution in [0.5, 0.6) is 0 Å². The summed E-state index contributed by atoms with van der Waals surface area (Å²) in [4.78, 5) is 15.8. The van der Waals surface area contributed by atoms with Crippen molar-refractivity contribution in [1.29, 1.82) is 0 Å². The molecule has 0 aromatic carbocycles. The van der Waals surface area contributed by atoms with E-state index in [2.05, 4.69) is 42.7 Å². The highest BCUT2D eigenvalue weighted by molar-refractivity contribution is 5.93. The molecule has 1 aliphatic carbocycles. The molecule has 0 saturated carbocycles. The number of pyridine rings is 1. The number of allylic oxidation sites excluding steroid dienone is 2. The average Bonchev–Trinajstić information content (AvgIpc) is 2.34. The summed E-state index contributed by atoms with van der Waals surface area (Å²) in [6.07, 6.45) is 7.58. The van der Waals surface area contributed by atoms with Gasteiger partial charge in [0.15, 0.2) is 0 Å². The van der Waals surface area contributed by atoms with E-state index in [0.29, 0.717) is 11.5 Å². The van der Waals surface area contributed by atoms with Crippen LogP contribution in [0.4, 0.5) is 0 Å². The van der Waals surface area contributed by atoms with Crippen LogP contribution in [0.25, 0.3) is 0 Å². The molecule has 0 saturated heterocycles. The number of aromatic nitrogens is 1. The lowest BCUT2D eigenvalue weighted by molar-refractivity contribution is 0.0936. The molecule has 19 heavy (non-hydrogen) atoms. The molecule has 1 heterocycles. The lowest BCUT2D eigenvalue weighted by Crippen LogP contribution is -2.39. The predicted octanol–water partition coefficient (Wildman–Crippen LogP) is 2.66. The first-order valence-corrected chi connectivity index (χ1v) is 6.64. The summed E-state index contributed by atoms with van der Waals surface area (Å²) < 4.78 is 0. The van der Waals surface area contributed by atoms with Crippen molar-refractivity contribution in [3.05, 3.63) is 41.9 Å². The maximum atomic E-state index is 11.9. The zero-order chi connectivity index (χ0) is 13.9. The Bertz CT molecular complexity index is 479. The van der Waals surface area contributed by atoms with Crippen molar-refractivity contribution in [2.45, 2.75) is 33.6 Å². The van der Waals surface area contributed by atoms with E-state index in [0.717, 1.165) is 12.1 Å². The second-order valence-corrected chi connectivity index (χ2v) is 5.99. The maximum Gasteiger partial charge on any atom is 0.269 e. The summed E-state index contributed by atoms with van der Waals surface area (Å²) in [6, 6.07) is 3.39. The van der Waals surface area contributed by atoms with Crippen molar-refractivity contribution < 1.29 is 4.79 Å². The van der Waals surface area contributed by atoms with Gasteiger partial charge in [-0.3, -0.25) is 15.2 Å². The van der Waals surface area contributed by atoms with E-state index in [4.69, 9.17) is 0 Å². The quantitative estimate of drug-likeness (QED) is 0.820. The first kappa shape index (κ1) is 13.6. The van der Waals surface area contributed by atoms with Crippen LogP contribution in [0.1, 0.15) is 44.0 Å². The van der Waals surface area contributed by atoms with Crippen molar-refractivity contribution in [2.24, 2.45) is 11.3 Å². The minimum Gasteiger partial charge on any atom is -0.303 e.